The molecule has 0 aliphatic carbocycles. The molecule has 2 amide bonds. The average Bonchev–Trinajstić information content (AvgIpc) is 2.75. The molecule has 7 heteroatoms. The van der Waals surface area contributed by atoms with Crippen molar-refractivity contribution in [2.45, 2.75) is 19.6 Å². The Balaban J connectivity index is 1.73. The fraction of sp³-hybridized carbons (Fsp3) is 0.304. The number of benzene rings is 2. The first-order chi connectivity index (χ1) is 14.6. The zero-order valence-electron chi connectivity index (χ0n) is 16.9. The van der Waals surface area contributed by atoms with Crippen molar-refractivity contribution in [1.29, 1.82) is 0 Å². The van der Waals surface area contributed by atoms with Gasteiger partial charge in [-0.05, 0) is 30.2 Å². The van der Waals surface area contributed by atoms with Crippen LogP contribution in [0.15, 0.2) is 66.9 Å². The Labute approximate surface area is 176 Å². The standard InChI is InChI=1S/C23H26N2O5/c1-3-28-12-13-29-22(26)20-16(2)24-23(27)25-21(20)18-10-7-11-19(14-18)30-15-17-8-5-4-6-9-17/h4-11,14,20-21H,2-3,12-13,15H2,1H3,(H2,24,25,27)/t20-,21+/m1/s1. The molecule has 0 aromatic heterocycles. The predicted molar refractivity (Wildman–Crippen MR) is 112 cm³/mol. The molecule has 1 aliphatic rings. The molecule has 2 N–H and O–H groups in total. The summed E-state index contributed by atoms with van der Waals surface area (Å²) in [5.41, 5.74) is 2.06. The van der Waals surface area contributed by atoms with E-state index in [0.717, 1.165) is 11.1 Å². The molecule has 158 valence electrons. The van der Waals surface area contributed by atoms with E-state index < -0.39 is 24.0 Å². The second kappa shape index (κ2) is 10.5. The molecule has 2 atom stereocenters. The van der Waals surface area contributed by atoms with Gasteiger partial charge < -0.3 is 24.8 Å². The van der Waals surface area contributed by atoms with E-state index >= 15 is 0 Å². The Bertz CT molecular complexity index is 884. The van der Waals surface area contributed by atoms with Crippen molar-refractivity contribution >= 4 is 12.0 Å². The fourth-order valence-corrected chi connectivity index (χ4v) is 3.21. The van der Waals surface area contributed by atoms with Crippen LogP contribution < -0.4 is 15.4 Å². The first-order valence-electron chi connectivity index (χ1n) is 9.86. The summed E-state index contributed by atoms with van der Waals surface area (Å²) in [6.07, 6.45) is 0. The first kappa shape index (κ1) is 21.4. The normalized spacial score (nSPS) is 18.3. The number of hydrogen-bond acceptors (Lipinski definition) is 5. The zero-order chi connectivity index (χ0) is 21.3. The lowest BCUT2D eigenvalue weighted by atomic mass is 9.89. The van der Waals surface area contributed by atoms with Gasteiger partial charge in [-0.3, -0.25) is 4.79 Å². The minimum atomic E-state index is -0.770. The maximum absolute atomic E-state index is 12.7. The van der Waals surface area contributed by atoms with E-state index in [2.05, 4.69) is 17.2 Å². The smallest absolute Gasteiger partial charge is 0.319 e. The Hall–Kier alpha value is -3.32. The Morgan fingerprint density at radius 3 is 2.67 bits per heavy atom. The van der Waals surface area contributed by atoms with Crippen LogP contribution in [0.5, 0.6) is 5.75 Å². The van der Waals surface area contributed by atoms with Crippen molar-refractivity contribution in [3.63, 3.8) is 0 Å². The van der Waals surface area contributed by atoms with Crippen molar-refractivity contribution in [2.24, 2.45) is 5.92 Å². The lowest BCUT2D eigenvalue weighted by Crippen LogP contribution is -2.51. The maximum Gasteiger partial charge on any atom is 0.319 e. The highest BCUT2D eigenvalue weighted by atomic mass is 16.6. The first-order valence-corrected chi connectivity index (χ1v) is 9.86. The second-order valence-corrected chi connectivity index (χ2v) is 6.79. The summed E-state index contributed by atoms with van der Waals surface area (Å²) in [5.74, 6) is -0.611. The third-order valence-corrected chi connectivity index (χ3v) is 4.67. The topological polar surface area (TPSA) is 85.9 Å². The van der Waals surface area contributed by atoms with Gasteiger partial charge >= 0.3 is 12.0 Å². The number of nitrogens with one attached hydrogen (secondary N) is 2. The summed E-state index contributed by atoms with van der Waals surface area (Å²) in [6, 6.07) is 16.1. The van der Waals surface area contributed by atoms with E-state index in [1.54, 1.807) is 0 Å². The van der Waals surface area contributed by atoms with Gasteiger partial charge in [0.15, 0.2) is 0 Å². The van der Waals surface area contributed by atoms with Crippen LogP contribution in [-0.4, -0.2) is 31.8 Å². The monoisotopic (exact) mass is 410 g/mol. The average molecular weight is 410 g/mol. The van der Waals surface area contributed by atoms with Crippen LogP contribution in [0.2, 0.25) is 0 Å². The number of esters is 1. The van der Waals surface area contributed by atoms with Gasteiger partial charge in [0.2, 0.25) is 0 Å². The van der Waals surface area contributed by atoms with Crippen LogP contribution in [0.1, 0.15) is 24.1 Å². The largest absolute Gasteiger partial charge is 0.489 e. The summed E-state index contributed by atoms with van der Waals surface area (Å²) < 4.78 is 16.4. The minimum Gasteiger partial charge on any atom is -0.489 e. The lowest BCUT2D eigenvalue weighted by Gasteiger charge is -2.33. The molecule has 0 radical (unpaired) electrons. The number of amides is 2. The summed E-state index contributed by atoms with van der Waals surface area (Å²) in [4.78, 5) is 24.7. The quantitative estimate of drug-likeness (QED) is 0.489. The molecule has 2 aromatic rings. The van der Waals surface area contributed by atoms with Crippen molar-refractivity contribution in [3.05, 3.63) is 78.0 Å². The molecular formula is C23H26N2O5. The molecule has 0 unspecified atom stereocenters. The molecule has 3 rings (SSSR count). The number of hydrogen-bond donors (Lipinski definition) is 2. The summed E-state index contributed by atoms with van der Waals surface area (Å²) in [7, 11) is 0. The van der Waals surface area contributed by atoms with Crippen LogP contribution in [0.25, 0.3) is 0 Å². The van der Waals surface area contributed by atoms with Crippen LogP contribution in [0.4, 0.5) is 4.79 Å². The molecule has 2 aromatic carbocycles. The maximum atomic E-state index is 12.7. The van der Waals surface area contributed by atoms with E-state index in [-0.39, 0.29) is 6.61 Å². The van der Waals surface area contributed by atoms with Gasteiger partial charge in [0.1, 0.15) is 24.9 Å². The number of urea groups is 1. The molecule has 0 bridgehead atoms. The summed E-state index contributed by atoms with van der Waals surface area (Å²) in [5, 5.41) is 5.36. The third-order valence-electron chi connectivity index (χ3n) is 4.67. The Kier molecular flexibility index (Phi) is 7.45. The van der Waals surface area contributed by atoms with E-state index in [1.165, 1.54) is 0 Å². The highest BCUT2D eigenvalue weighted by Gasteiger charge is 2.39. The van der Waals surface area contributed by atoms with Gasteiger partial charge in [-0.25, -0.2) is 4.79 Å². The lowest BCUT2D eigenvalue weighted by molar-refractivity contribution is -0.150. The molecule has 30 heavy (non-hydrogen) atoms. The number of rotatable bonds is 9. The van der Waals surface area contributed by atoms with Crippen LogP contribution in [0.3, 0.4) is 0 Å². The number of ether oxygens (including phenoxy) is 3. The van der Waals surface area contributed by atoms with Gasteiger partial charge in [-0.15, -0.1) is 0 Å². The Morgan fingerprint density at radius 2 is 1.90 bits per heavy atom. The van der Waals surface area contributed by atoms with E-state index in [4.69, 9.17) is 14.2 Å². The zero-order valence-corrected chi connectivity index (χ0v) is 16.9. The number of carbonyl (C=O) groups is 2. The highest BCUT2D eigenvalue weighted by molar-refractivity contribution is 5.85. The van der Waals surface area contributed by atoms with Gasteiger partial charge in [0, 0.05) is 12.3 Å². The van der Waals surface area contributed by atoms with E-state index in [1.807, 2.05) is 61.5 Å². The van der Waals surface area contributed by atoms with Crippen LogP contribution >= 0.6 is 0 Å². The number of carbonyl (C=O) groups excluding carboxylic acids is 2. The predicted octanol–water partition coefficient (Wildman–Crippen LogP) is 3.33. The molecule has 0 saturated carbocycles. The van der Waals surface area contributed by atoms with Crippen molar-refractivity contribution in [2.75, 3.05) is 19.8 Å². The Morgan fingerprint density at radius 1 is 1.10 bits per heavy atom. The summed E-state index contributed by atoms with van der Waals surface area (Å²) >= 11 is 0. The molecule has 7 nitrogen and oxygen atoms in total. The van der Waals surface area contributed by atoms with Crippen LogP contribution in [-0.2, 0) is 20.9 Å². The second-order valence-electron chi connectivity index (χ2n) is 6.79. The van der Waals surface area contributed by atoms with E-state index in [9.17, 15) is 9.59 Å². The van der Waals surface area contributed by atoms with Crippen molar-refractivity contribution < 1.29 is 23.8 Å². The fourth-order valence-electron chi connectivity index (χ4n) is 3.21. The highest BCUT2D eigenvalue weighted by Crippen LogP contribution is 2.32. The van der Waals surface area contributed by atoms with Gasteiger partial charge in [0.05, 0.1) is 12.6 Å². The SMILES string of the molecule is C=C1NC(=O)N[C@@H](c2cccc(OCc3ccccc3)c2)[C@@H]1C(=O)OCCOCC. The van der Waals surface area contributed by atoms with Gasteiger partial charge in [0.25, 0.3) is 0 Å². The molecule has 1 heterocycles. The molecule has 0 spiro atoms. The third kappa shape index (κ3) is 5.61. The minimum absolute atomic E-state index is 0.136. The molecule has 1 aliphatic heterocycles. The van der Waals surface area contributed by atoms with Gasteiger partial charge in [-0.1, -0.05) is 49.0 Å². The van der Waals surface area contributed by atoms with Gasteiger partial charge in [-0.2, -0.15) is 0 Å². The molecule has 1 fully saturated rings. The molecule has 1 saturated heterocycles. The summed E-state index contributed by atoms with van der Waals surface area (Å²) in [6.45, 7) is 7.13. The van der Waals surface area contributed by atoms with Crippen molar-refractivity contribution in [3.8, 4) is 5.75 Å². The van der Waals surface area contributed by atoms with Crippen molar-refractivity contribution in [1.82, 2.24) is 10.6 Å². The van der Waals surface area contributed by atoms with Crippen LogP contribution in [0, 0.1) is 5.92 Å². The van der Waals surface area contributed by atoms with E-state index in [0.29, 0.717) is 31.3 Å². The molecular weight excluding hydrogens is 384 g/mol.